The van der Waals surface area contributed by atoms with Crippen LogP contribution in [0.25, 0.3) is 0 Å². The van der Waals surface area contributed by atoms with Crippen LogP contribution in [0.1, 0.15) is 26.7 Å². The first-order valence-corrected chi connectivity index (χ1v) is 8.45. The van der Waals surface area contributed by atoms with Gasteiger partial charge in [-0.2, -0.15) is 0 Å². The average Bonchev–Trinajstić information content (AvgIpc) is 2.60. The Hall–Kier alpha value is -2.33. The number of hydrogen-bond acceptors (Lipinski definition) is 4. The molecule has 3 N–H and O–H groups in total. The number of aliphatic imine (C=N–C) groups is 1. The van der Waals surface area contributed by atoms with Crippen LogP contribution in [-0.4, -0.2) is 26.0 Å². The van der Waals surface area contributed by atoms with E-state index < -0.39 is 0 Å². The van der Waals surface area contributed by atoms with Gasteiger partial charge in [-0.15, -0.1) is 0 Å². The van der Waals surface area contributed by atoms with E-state index in [0.29, 0.717) is 6.67 Å². The molecule has 0 saturated carbocycles. The molecule has 0 aliphatic heterocycles. The summed E-state index contributed by atoms with van der Waals surface area (Å²) in [6.45, 7) is 13.9. The van der Waals surface area contributed by atoms with Gasteiger partial charge in [0.05, 0.1) is 12.4 Å². The van der Waals surface area contributed by atoms with Crippen LogP contribution in [0.5, 0.6) is 0 Å². The second-order valence-corrected chi connectivity index (χ2v) is 4.93. The molecular formula is C20H32N4. The first kappa shape index (κ1) is 21.7. The number of rotatable bonds is 14. The molecule has 0 heterocycles. The molecule has 0 rings (SSSR count). The molecule has 0 saturated heterocycles. The van der Waals surface area contributed by atoms with E-state index in [0.717, 1.165) is 37.2 Å². The first-order chi connectivity index (χ1) is 11.8. The van der Waals surface area contributed by atoms with E-state index in [2.05, 4.69) is 60.1 Å². The molecule has 0 fully saturated rings. The fourth-order valence-corrected chi connectivity index (χ4v) is 1.59. The Labute approximate surface area is 147 Å². The van der Waals surface area contributed by atoms with Gasteiger partial charge in [-0.25, -0.2) is 0 Å². The van der Waals surface area contributed by atoms with Gasteiger partial charge < -0.3 is 10.6 Å². The van der Waals surface area contributed by atoms with Crippen LogP contribution in [0.2, 0.25) is 0 Å². The smallest absolute Gasteiger partial charge is 0.0694 e. The quantitative estimate of drug-likeness (QED) is 0.197. The van der Waals surface area contributed by atoms with Crippen molar-refractivity contribution in [1.29, 1.82) is 0 Å². The van der Waals surface area contributed by atoms with Crippen LogP contribution >= 0.6 is 0 Å². The molecule has 0 aromatic heterocycles. The van der Waals surface area contributed by atoms with Crippen molar-refractivity contribution in [2.45, 2.75) is 26.7 Å². The number of nitrogens with zero attached hydrogens (tertiary/aromatic N) is 1. The summed E-state index contributed by atoms with van der Waals surface area (Å²) in [5, 5.41) is 9.73. The lowest BCUT2D eigenvalue weighted by Gasteiger charge is -2.07. The summed E-state index contributed by atoms with van der Waals surface area (Å²) in [7, 11) is 0. The zero-order valence-electron chi connectivity index (χ0n) is 15.1. The Bertz CT molecular complexity index is 482. The normalized spacial score (nSPS) is 13.1. The number of hydrogen-bond donors (Lipinski definition) is 3. The van der Waals surface area contributed by atoms with Gasteiger partial charge in [-0.1, -0.05) is 63.5 Å². The Morgan fingerprint density at radius 2 is 2.00 bits per heavy atom. The Balaban J connectivity index is 4.28. The van der Waals surface area contributed by atoms with Gasteiger partial charge in [0.15, 0.2) is 0 Å². The molecule has 0 aliphatic rings. The van der Waals surface area contributed by atoms with E-state index in [1.54, 1.807) is 12.2 Å². The van der Waals surface area contributed by atoms with Crippen molar-refractivity contribution in [3.63, 3.8) is 0 Å². The summed E-state index contributed by atoms with van der Waals surface area (Å²) in [6, 6.07) is 0. The SMILES string of the molecule is C=C/C=C(C=C)\C=C/CNCN/C(C=NCCC)=C/N/C=C/CC. The standard InChI is InChI=1S/C20H32N4/c1-5-9-14-22-17-20(16-21-13-7-3)24-18-23-15-10-12-19(8-4)11-6-2/h6,8-12,14,16-17,22-24H,2,4-5,7,13,15,18H2,1,3H3/b12-10-,14-9+,19-11-,20-17+,21-16?. The van der Waals surface area contributed by atoms with Gasteiger partial charge in [0.25, 0.3) is 0 Å². The predicted octanol–water partition coefficient (Wildman–Crippen LogP) is 3.81. The van der Waals surface area contributed by atoms with Crippen LogP contribution in [0.3, 0.4) is 0 Å². The minimum Gasteiger partial charge on any atom is -0.370 e. The van der Waals surface area contributed by atoms with Crippen molar-refractivity contribution in [3.8, 4) is 0 Å². The molecule has 4 nitrogen and oxygen atoms in total. The van der Waals surface area contributed by atoms with Crippen molar-refractivity contribution < 1.29 is 0 Å². The topological polar surface area (TPSA) is 48.5 Å². The molecule has 0 amide bonds. The molecule has 0 aliphatic carbocycles. The largest absolute Gasteiger partial charge is 0.370 e. The average molecular weight is 329 g/mol. The summed E-state index contributed by atoms with van der Waals surface area (Å²) >= 11 is 0. The highest BCUT2D eigenvalue weighted by atomic mass is 15.1. The third-order valence-corrected chi connectivity index (χ3v) is 2.81. The predicted molar refractivity (Wildman–Crippen MR) is 108 cm³/mol. The number of nitrogens with one attached hydrogen (secondary N) is 3. The van der Waals surface area contributed by atoms with E-state index in [4.69, 9.17) is 0 Å². The molecule has 0 atom stereocenters. The minimum absolute atomic E-state index is 0.655. The third-order valence-electron chi connectivity index (χ3n) is 2.81. The highest BCUT2D eigenvalue weighted by Crippen LogP contribution is 1.97. The van der Waals surface area contributed by atoms with E-state index in [1.165, 1.54) is 0 Å². The lowest BCUT2D eigenvalue weighted by atomic mass is 10.2. The monoisotopic (exact) mass is 328 g/mol. The highest BCUT2D eigenvalue weighted by Gasteiger charge is 1.91. The van der Waals surface area contributed by atoms with Crippen molar-refractivity contribution in [1.82, 2.24) is 16.0 Å². The van der Waals surface area contributed by atoms with Gasteiger partial charge in [-0.3, -0.25) is 10.3 Å². The summed E-state index contributed by atoms with van der Waals surface area (Å²) < 4.78 is 0. The van der Waals surface area contributed by atoms with Crippen LogP contribution in [-0.2, 0) is 0 Å². The molecule has 0 radical (unpaired) electrons. The first-order valence-electron chi connectivity index (χ1n) is 8.45. The van der Waals surface area contributed by atoms with E-state index in [9.17, 15) is 0 Å². The van der Waals surface area contributed by atoms with E-state index in [-0.39, 0.29) is 0 Å². The van der Waals surface area contributed by atoms with E-state index >= 15 is 0 Å². The highest BCUT2D eigenvalue weighted by molar-refractivity contribution is 5.77. The van der Waals surface area contributed by atoms with Crippen molar-refractivity contribution >= 4 is 6.21 Å². The van der Waals surface area contributed by atoms with Gasteiger partial charge in [0, 0.05) is 25.5 Å². The summed E-state index contributed by atoms with van der Waals surface area (Å²) in [5.74, 6) is 0. The molecule has 0 spiro atoms. The van der Waals surface area contributed by atoms with Crippen molar-refractivity contribution in [2.24, 2.45) is 4.99 Å². The molecule has 0 bridgehead atoms. The third kappa shape index (κ3) is 13.3. The van der Waals surface area contributed by atoms with Crippen LogP contribution in [0.4, 0.5) is 0 Å². The molecule has 4 heteroatoms. The van der Waals surface area contributed by atoms with Crippen LogP contribution in [0, 0.1) is 0 Å². The maximum atomic E-state index is 4.37. The zero-order chi connectivity index (χ0) is 17.9. The minimum atomic E-state index is 0.655. The lowest BCUT2D eigenvalue weighted by molar-refractivity contribution is 0.686. The van der Waals surface area contributed by atoms with E-state index in [1.807, 2.05) is 30.8 Å². The second kappa shape index (κ2) is 17.0. The zero-order valence-corrected chi connectivity index (χ0v) is 15.1. The van der Waals surface area contributed by atoms with Crippen LogP contribution in [0.15, 0.2) is 78.3 Å². The van der Waals surface area contributed by atoms with Crippen LogP contribution < -0.4 is 16.0 Å². The maximum absolute atomic E-state index is 4.37. The summed E-state index contributed by atoms with van der Waals surface area (Å²) in [6.07, 6.45) is 19.3. The van der Waals surface area contributed by atoms with Crippen molar-refractivity contribution in [3.05, 3.63) is 73.3 Å². The molecule has 0 aromatic rings. The summed E-state index contributed by atoms with van der Waals surface area (Å²) in [5.41, 5.74) is 1.98. The second-order valence-electron chi connectivity index (χ2n) is 4.93. The Morgan fingerprint density at radius 3 is 2.67 bits per heavy atom. The van der Waals surface area contributed by atoms with Gasteiger partial charge in [0.1, 0.15) is 0 Å². The lowest BCUT2D eigenvalue weighted by Crippen LogP contribution is -2.29. The maximum Gasteiger partial charge on any atom is 0.0694 e. The molecule has 0 aromatic carbocycles. The molecule has 24 heavy (non-hydrogen) atoms. The van der Waals surface area contributed by atoms with Gasteiger partial charge >= 0.3 is 0 Å². The fourth-order valence-electron chi connectivity index (χ4n) is 1.59. The Kier molecular flexibility index (Phi) is 15.4. The molecular weight excluding hydrogens is 296 g/mol. The fraction of sp³-hybridized carbons (Fsp3) is 0.350. The Morgan fingerprint density at radius 1 is 1.17 bits per heavy atom. The number of allylic oxidation sites excluding steroid dienone is 7. The van der Waals surface area contributed by atoms with Gasteiger partial charge in [0.2, 0.25) is 0 Å². The molecule has 0 unspecified atom stereocenters. The van der Waals surface area contributed by atoms with Crippen molar-refractivity contribution in [2.75, 3.05) is 19.8 Å². The molecule has 132 valence electrons. The van der Waals surface area contributed by atoms with Gasteiger partial charge in [-0.05, 0) is 24.6 Å². The summed E-state index contributed by atoms with van der Waals surface area (Å²) in [4.78, 5) is 4.37.